The fourth-order valence-corrected chi connectivity index (χ4v) is 8.21. The number of allylic oxidation sites excluding steroid dienone is 14. The third-order valence-corrected chi connectivity index (χ3v) is 12.6. The minimum absolute atomic E-state index is 0.0949. The van der Waals surface area contributed by atoms with Gasteiger partial charge in [-0.3, -0.25) is 14.4 Å². The van der Waals surface area contributed by atoms with Gasteiger partial charge in [-0.15, -0.1) is 0 Å². The van der Waals surface area contributed by atoms with E-state index in [1.54, 1.807) is 0 Å². The lowest BCUT2D eigenvalue weighted by Gasteiger charge is -2.18. The smallest absolute Gasteiger partial charge is 0.306 e. The minimum Gasteiger partial charge on any atom is -0.462 e. The second kappa shape index (κ2) is 58.2. The van der Waals surface area contributed by atoms with Crippen molar-refractivity contribution in [1.29, 1.82) is 0 Å². The van der Waals surface area contributed by atoms with Gasteiger partial charge in [0.05, 0.1) is 0 Å². The molecule has 0 spiro atoms. The zero-order valence-corrected chi connectivity index (χ0v) is 46.0. The van der Waals surface area contributed by atoms with Crippen molar-refractivity contribution in [2.75, 3.05) is 13.2 Å². The van der Waals surface area contributed by atoms with Crippen LogP contribution in [0, 0.1) is 0 Å². The van der Waals surface area contributed by atoms with Gasteiger partial charge in [-0.2, -0.15) is 0 Å². The Balaban J connectivity index is 4.44. The zero-order valence-electron chi connectivity index (χ0n) is 46.0. The molecule has 6 nitrogen and oxygen atoms in total. The molecule has 0 saturated carbocycles. The van der Waals surface area contributed by atoms with E-state index >= 15 is 0 Å². The molecule has 0 rings (SSSR count). The van der Waals surface area contributed by atoms with Crippen molar-refractivity contribution in [2.45, 2.75) is 290 Å². The SMILES string of the molecule is CC/C=C\C/C=C\C/C=C\C/C=C\CCCCC(=O)OCC(COC(=O)CCCCCCCC/C=C\C/C=C\C/C=C\CCCCC)OC(=O)CCCCCCCCCCCCCCCCCCCC. The van der Waals surface area contributed by atoms with Gasteiger partial charge in [0.15, 0.2) is 6.10 Å². The summed E-state index contributed by atoms with van der Waals surface area (Å²) in [5.41, 5.74) is 0. The van der Waals surface area contributed by atoms with E-state index in [0.717, 1.165) is 103 Å². The van der Waals surface area contributed by atoms with Gasteiger partial charge in [0.25, 0.3) is 0 Å². The van der Waals surface area contributed by atoms with E-state index in [0.29, 0.717) is 19.3 Å². The highest BCUT2D eigenvalue weighted by atomic mass is 16.6. The van der Waals surface area contributed by atoms with Crippen LogP contribution in [0.2, 0.25) is 0 Å². The molecule has 1 unspecified atom stereocenters. The van der Waals surface area contributed by atoms with Gasteiger partial charge < -0.3 is 14.2 Å². The molecule has 6 heteroatoms. The molecule has 0 aromatic carbocycles. The lowest BCUT2D eigenvalue weighted by atomic mass is 10.0. The molecule has 70 heavy (non-hydrogen) atoms. The summed E-state index contributed by atoms with van der Waals surface area (Å²) in [6, 6.07) is 0. The first-order chi connectivity index (χ1) is 34.5. The van der Waals surface area contributed by atoms with Crippen LogP contribution < -0.4 is 0 Å². The Kier molecular flexibility index (Phi) is 55.3. The Morgan fingerprint density at radius 1 is 0.300 bits per heavy atom. The van der Waals surface area contributed by atoms with Crippen LogP contribution in [0.1, 0.15) is 284 Å². The summed E-state index contributed by atoms with van der Waals surface area (Å²) >= 11 is 0. The molecule has 0 bridgehead atoms. The largest absolute Gasteiger partial charge is 0.462 e. The molecular weight excluding hydrogens is 865 g/mol. The van der Waals surface area contributed by atoms with Crippen LogP contribution in [-0.2, 0) is 28.6 Å². The van der Waals surface area contributed by atoms with Gasteiger partial charge in [0, 0.05) is 19.3 Å². The van der Waals surface area contributed by atoms with Gasteiger partial charge >= 0.3 is 17.9 Å². The fraction of sp³-hybridized carbons (Fsp3) is 0.734. The van der Waals surface area contributed by atoms with Gasteiger partial charge in [0.2, 0.25) is 0 Å². The third kappa shape index (κ3) is 55.5. The lowest BCUT2D eigenvalue weighted by Crippen LogP contribution is -2.30. The molecule has 0 aromatic rings. The van der Waals surface area contributed by atoms with Crippen LogP contribution in [0.25, 0.3) is 0 Å². The maximum Gasteiger partial charge on any atom is 0.306 e. The monoisotopic (exact) mass is 975 g/mol. The van der Waals surface area contributed by atoms with Crippen LogP contribution in [0.5, 0.6) is 0 Å². The number of hydrogen-bond donors (Lipinski definition) is 0. The molecule has 0 heterocycles. The van der Waals surface area contributed by atoms with E-state index < -0.39 is 6.10 Å². The van der Waals surface area contributed by atoms with Crippen molar-refractivity contribution in [3.8, 4) is 0 Å². The number of unbranched alkanes of at least 4 members (excludes halogenated alkanes) is 28. The number of hydrogen-bond acceptors (Lipinski definition) is 6. The van der Waals surface area contributed by atoms with E-state index in [-0.39, 0.29) is 31.1 Å². The summed E-state index contributed by atoms with van der Waals surface area (Å²) in [5.74, 6) is -0.939. The molecule has 0 radical (unpaired) electrons. The normalized spacial score (nSPS) is 12.7. The Hall–Kier alpha value is -3.41. The van der Waals surface area contributed by atoms with Crippen molar-refractivity contribution in [3.05, 3.63) is 85.1 Å². The molecule has 0 aromatic heterocycles. The average Bonchev–Trinajstić information content (AvgIpc) is 3.36. The molecule has 1 atom stereocenters. The quantitative estimate of drug-likeness (QED) is 0.0261. The summed E-state index contributed by atoms with van der Waals surface area (Å²) in [5, 5.41) is 0. The zero-order chi connectivity index (χ0) is 50.7. The molecule has 0 saturated heterocycles. The summed E-state index contributed by atoms with van der Waals surface area (Å²) in [4.78, 5) is 38.2. The van der Waals surface area contributed by atoms with Crippen LogP contribution in [0.15, 0.2) is 85.1 Å². The molecular formula is C64H110O6. The Morgan fingerprint density at radius 3 is 0.929 bits per heavy atom. The van der Waals surface area contributed by atoms with Crippen molar-refractivity contribution in [3.63, 3.8) is 0 Å². The van der Waals surface area contributed by atoms with Crippen molar-refractivity contribution >= 4 is 17.9 Å². The molecule has 0 fully saturated rings. The van der Waals surface area contributed by atoms with Crippen molar-refractivity contribution in [2.24, 2.45) is 0 Å². The summed E-state index contributed by atoms with van der Waals surface area (Å²) in [7, 11) is 0. The van der Waals surface area contributed by atoms with E-state index in [1.807, 2.05) is 0 Å². The third-order valence-electron chi connectivity index (χ3n) is 12.6. The predicted octanol–water partition coefficient (Wildman–Crippen LogP) is 19.9. The van der Waals surface area contributed by atoms with Gasteiger partial charge in [-0.25, -0.2) is 0 Å². The first kappa shape index (κ1) is 66.6. The van der Waals surface area contributed by atoms with E-state index in [9.17, 15) is 14.4 Å². The molecule has 0 aliphatic heterocycles. The molecule has 0 aliphatic carbocycles. The maximum absolute atomic E-state index is 12.9. The van der Waals surface area contributed by atoms with Crippen LogP contribution in [0.4, 0.5) is 0 Å². The van der Waals surface area contributed by atoms with Crippen molar-refractivity contribution in [1.82, 2.24) is 0 Å². The van der Waals surface area contributed by atoms with Crippen LogP contribution in [0.3, 0.4) is 0 Å². The topological polar surface area (TPSA) is 78.9 Å². The van der Waals surface area contributed by atoms with E-state index in [1.165, 1.54) is 141 Å². The summed E-state index contributed by atoms with van der Waals surface area (Å²) < 4.78 is 16.8. The molecule has 0 amide bonds. The molecule has 402 valence electrons. The summed E-state index contributed by atoms with van der Waals surface area (Å²) in [6.45, 7) is 6.48. The number of esters is 3. The highest BCUT2D eigenvalue weighted by Gasteiger charge is 2.19. The van der Waals surface area contributed by atoms with E-state index in [4.69, 9.17) is 14.2 Å². The predicted molar refractivity (Wildman–Crippen MR) is 302 cm³/mol. The number of ether oxygens (including phenoxy) is 3. The fourth-order valence-electron chi connectivity index (χ4n) is 8.21. The Morgan fingerprint density at radius 2 is 0.557 bits per heavy atom. The minimum atomic E-state index is -0.798. The second-order valence-corrected chi connectivity index (χ2v) is 19.5. The molecule has 0 N–H and O–H groups in total. The van der Waals surface area contributed by atoms with Gasteiger partial charge in [-0.05, 0) is 96.3 Å². The average molecular weight is 976 g/mol. The number of carbonyl (C=O) groups excluding carboxylic acids is 3. The Bertz CT molecular complexity index is 1350. The Labute approximate surface area is 433 Å². The number of carbonyl (C=O) groups is 3. The maximum atomic E-state index is 12.9. The first-order valence-electron chi connectivity index (χ1n) is 29.6. The highest BCUT2D eigenvalue weighted by Crippen LogP contribution is 2.16. The standard InChI is InChI=1S/C64H110O6/c1-4-7-10-13-16-19-22-25-28-30-32-34-36-39-42-45-48-51-54-57-63(66)69-60-61(59-68-62(65)56-53-50-47-44-41-38-35-27-24-21-18-15-12-9-6-3)70-64(67)58-55-52-49-46-43-40-37-33-31-29-26-23-20-17-14-11-8-5-2/h9,12,16,18-19,21,25,27-28,32,34-35,41,44,61H,4-8,10-11,13-15,17,20,22-24,26,29-31,33,36-40,42-43,45-60H2,1-3H3/b12-9-,19-16-,21-18-,28-25-,34-32-,35-27-,44-41-. The first-order valence-corrected chi connectivity index (χ1v) is 29.6. The van der Waals surface area contributed by atoms with Crippen molar-refractivity contribution < 1.29 is 28.6 Å². The summed E-state index contributed by atoms with van der Waals surface area (Å²) in [6.07, 6.45) is 75.8. The molecule has 0 aliphatic rings. The van der Waals surface area contributed by atoms with E-state index in [2.05, 4.69) is 106 Å². The van der Waals surface area contributed by atoms with Crippen LogP contribution in [-0.4, -0.2) is 37.2 Å². The van der Waals surface area contributed by atoms with Crippen LogP contribution >= 0.6 is 0 Å². The second-order valence-electron chi connectivity index (χ2n) is 19.5. The van der Waals surface area contributed by atoms with Gasteiger partial charge in [-0.1, -0.05) is 254 Å². The lowest BCUT2D eigenvalue weighted by molar-refractivity contribution is -0.167. The number of rotatable bonds is 53. The van der Waals surface area contributed by atoms with Gasteiger partial charge in [0.1, 0.15) is 13.2 Å². The highest BCUT2D eigenvalue weighted by molar-refractivity contribution is 5.71.